The smallest absolute Gasteiger partial charge is 0.241 e. The summed E-state index contributed by atoms with van der Waals surface area (Å²) in [5.74, 6) is 0.0365. The van der Waals surface area contributed by atoms with Crippen LogP contribution in [0.25, 0.3) is 16.8 Å². The van der Waals surface area contributed by atoms with Gasteiger partial charge in [-0.15, -0.1) is 11.3 Å². The maximum Gasteiger partial charge on any atom is 0.241 e. The third kappa shape index (κ3) is 3.44. The lowest BCUT2D eigenvalue weighted by Crippen LogP contribution is -2.00. The van der Waals surface area contributed by atoms with E-state index in [0.717, 1.165) is 16.1 Å². The second-order valence-electron chi connectivity index (χ2n) is 6.17. The molecule has 0 bridgehead atoms. The third-order valence-corrected chi connectivity index (χ3v) is 5.16. The van der Waals surface area contributed by atoms with Crippen LogP contribution < -0.4 is 4.74 Å². The molecule has 0 aliphatic carbocycles. The van der Waals surface area contributed by atoms with Gasteiger partial charge in [0.2, 0.25) is 5.78 Å². The van der Waals surface area contributed by atoms with E-state index < -0.39 is 0 Å². The van der Waals surface area contributed by atoms with Crippen molar-refractivity contribution in [2.45, 2.75) is 6.92 Å². The van der Waals surface area contributed by atoms with E-state index in [-0.39, 0.29) is 11.6 Å². The number of carbonyl (C=O) groups is 1. The monoisotopic (exact) mass is 393 g/mol. The SMILES string of the molecule is COc1ccc(F)cc1-c1cccc(-n2cnc(C(=O)c3ncc(C)s3)c2)c1. The van der Waals surface area contributed by atoms with E-state index in [0.29, 0.717) is 22.0 Å². The Hall–Kier alpha value is -3.32. The maximum atomic E-state index is 13.7. The highest BCUT2D eigenvalue weighted by atomic mass is 32.1. The maximum absolute atomic E-state index is 13.7. The van der Waals surface area contributed by atoms with E-state index >= 15 is 0 Å². The van der Waals surface area contributed by atoms with Crippen LogP contribution in [0.15, 0.2) is 61.2 Å². The molecule has 0 atom stereocenters. The minimum absolute atomic E-state index is 0.209. The summed E-state index contributed by atoms with van der Waals surface area (Å²) < 4.78 is 20.8. The first-order chi connectivity index (χ1) is 13.5. The highest BCUT2D eigenvalue weighted by Gasteiger charge is 2.16. The Labute approximate surface area is 165 Å². The molecule has 5 nitrogen and oxygen atoms in total. The molecule has 140 valence electrons. The number of halogens is 1. The Balaban J connectivity index is 1.69. The number of hydrogen-bond acceptors (Lipinski definition) is 5. The molecule has 28 heavy (non-hydrogen) atoms. The van der Waals surface area contributed by atoms with E-state index in [1.54, 1.807) is 36.5 Å². The summed E-state index contributed by atoms with van der Waals surface area (Å²) in [6.45, 7) is 1.90. The fourth-order valence-corrected chi connectivity index (χ4v) is 3.60. The number of carbonyl (C=O) groups excluding carboxylic acids is 1. The first-order valence-electron chi connectivity index (χ1n) is 8.50. The van der Waals surface area contributed by atoms with Crippen molar-refractivity contribution in [3.05, 3.63) is 82.6 Å². The van der Waals surface area contributed by atoms with Crippen LogP contribution in [-0.2, 0) is 0 Å². The number of ketones is 1. The van der Waals surface area contributed by atoms with Gasteiger partial charge in [-0.3, -0.25) is 4.79 Å². The zero-order valence-electron chi connectivity index (χ0n) is 15.2. The van der Waals surface area contributed by atoms with Crippen molar-refractivity contribution in [3.8, 4) is 22.6 Å². The lowest BCUT2D eigenvalue weighted by Gasteiger charge is -2.10. The number of aromatic nitrogens is 3. The first-order valence-corrected chi connectivity index (χ1v) is 9.32. The van der Waals surface area contributed by atoms with Crippen molar-refractivity contribution in [1.82, 2.24) is 14.5 Å². The quantitative estimate of drug-likeness (QED) is 0.462. The van der Waals surface area contributed by atoms with Gasteiger partial charge in [0.1, 0.15) is 23.6 Å². The van der Waals surface area contributed by atoms with Crippen molar-refractivity contribution in [2.75, 3.05) is 7.11 Å². The molecule has 0 amide bonds. The Morgan fingerprint density at radius 1 is 1.18 bits per heavy atom. The summed E-state index contributed by atoms with van der Waals surface area (Å²) in [6, 6.07) is 11.9. The molecule has 0 saturated heterocycles. The molecule has 2 heterocycles. The minimum Gasteiger partial charge on any atom is -0.496 e. The molecular formula is C21H16FN3O2S. The van der Waals surface area contributed by atoms with Gasteiger partial charge < -0.3 is 9.30 Å². The van der Waals surface area contributed by atoms with Crippen LogP contribution in [0.5, 0.6) is 5.75 Å². The van der Waals surface area contributed by atoms with Crippen molar-refractivity contribution in [2.24, 2.45) is 0 Å². The van der Waals surface area contributed by atoms with Crippen LogP contribution in [0, 0.1) is 12.7 Å². The average molecular weight is 393 g/mol. The minimum atomic E-state index is -0.338. The number of rotatable bonds is 5. The topological polar surface area (TPSA) is 57.0 Å². The largest absolute Gasteiger partial charge is 0.496 e. The van der Waals surface area contributed by atoms with E-state index in [9.17, 15) is 9.18 Å². The average Bonchev–Trinajstić information content (AvgIpc) is 3.37. The number of methoxy groups -OCH3 is 1. The normalized spacial score (nSPS) is 10.8. The fraction of sp³-hybridized carbons (Fsp3) is 0.0952. The second kappa shape index (κ2) is 7.36. The molecule has 0 spiro atoms. The predicted octanol–water partition coefficient (Wildman–Crippen LogP) is 4.68. The van der Waals surface area contributed by atoms with Crippen LogP contribution >= 0.6 is 11.3 Å². The molecule has 0 aliphatic rings. The van der Waals surface area contributed by atoms with Crippen molar-refractivity contribution in [1.29, 1.82) is 0 Å². The van der Waals surface area contributed by atoms with Gasteiger partial charge in [-0.1, -0.05) is 12.1 Å². The Kier molecular flexibility index (Phi) is 4.75. The molecule has 0 saturated carbocycles. The van der Waals surface area contributed by atoms with Crippen LogP contribution in [0.4, 0.5) is 4.39 Å². The Morgan fingerprint density at radius 3 is 2.79 bits per heavy atom. The molecule has 4 aromatic rings. The van der Waals surface area contributed by atoms with Crippen LogP contribution in [0.2, 0.25) is 0 Å². The summed E-state index contributed by atoms with van der Waals surface area (Å²) in [5, 5.41) is 0.418. The van der Waals surface area contributed by atoms with Gasteiger partial charge in [0.25, 0.3) is 0 Å². The molecule has 0 radical (unpaired) electrons. The molecule has 0 fully saturated rings. The summed E-state index contributed by atoms with van der Waals surface area (Å²) in [5.41, 5.74) is 2.57. The van der Waals surface area contributed by atoms with Gasteiger partial charge in [0.15, 0.2) is 5.01 Å². The van der Waals surface area contributed by atoms with Crippen LogP contribution in [-0.4, -0.2) is 27.4 Å². The molecule has 0 unspecified atom stereocenters. The number of benzene rings is 2. The highest BCUT2D eigenvalue weighted by molar-refractivity contribution is 7.13. The molecule has 2 aromatic heterocycles. The second-order valence-corrected chi connectivity index (χ2v) is 7.40. The molecule has 0 aliphatic heterocycles. The number of hydrogen-bond donors (Lipinski definition) is 0. The predicted molar refractivity (Wildman–Crippen MR) is 106 cm³/mol. The number of imidazole rings is 1. The van der Waals surface area contributed by atoms with Gasteiger partial charge in [-0.2, -0.15) is 0 Å². The Morgan fingerprint density at radius 2 is 2.04 bits per heavy atom. The van der Waals surface area contributed by atoms with E-state index in [1.165, 1.54) is 23.5 Å². The van der Waals surface area contributed by atoms with Crippen molar-refractivity contribution < 1.29 is 13.9 Å². The van der Waals surface area contributed by atoms with E-state index in [2.05, 4.69) is 9.97 Å². The van der Waals surface area contributed by atoms with Crippen LogP contribution in [0.3, 0.4) is 0 Å². The van der Waals surface area contributed by atoms with Gasteiger partial charge in [0, 0.05) is 28.5 Å². The molecule has 0 N–H and O–H groups in total. The lowest BCUT2D eigenvalue weighted by molar-refractivity contribution is 0.103. The summed E-state index contributed by atoms with van der Waals surface area (Å²) in [7, 11) is 1.55. The molecular weight excluding hydrogens is 377 g/mol. The number of aryl methyl sites for hydroxylation is 1. The highest BCUT2D eigenvalue weighted by Crippen LogP contribution is 2.31. The zero-order valence-corrected chi connectivity index (χ0v) is 16.0. The number of thiazole rings is 1. The Bertz CT molecular complexity index is 1170. The summed E-state index contributed by atoms with van der Waals surface area (Å²) in [4.78, 5) is 21.8. The van der Waals surface area contributed by atoms with Gasteiger partial charge in [-0.25, -0.2) is 14.4 Å². The van der Waals surface area contributed by atoms with Crippen LogP contribution in [0.1, 0.15) is 20.4 Å². The van der Waals surface area contributed by atoms with Crippen molar-refractivity contribution in [3.63, 3.8) is 0 Å². The molecule has 2 aromatic carbocycles. The lowest BCUT2D eigenvalue weighted by atomic mass is 10.0. The number of nitrogens with zero attached hydrogens (tertiary/aromatic N) is 3. The third-order valence-electron chi connectivity index (χ3n) is 4.25. The fourth-order valence-electron chi connectivity index (χ4n) is 2.89. The first kappa shape index (κ1) is 18.1. The van der Waals surface area contributed by atoms with E-state index in [4.69, 9.17) is 4.74 Å². The van der Waals surface area contributed by atoms with Gasteiger partial charge in [-0.05, 0) is 42.8 Å². The summed E-state index contributed by atoms with van der Waals surface area (Å²) in [6.07, 6.45) is 4.92. The molecule has 7 heteroatoms. The number of ether oxygens (including phenoxy) is 1. The van der Waals surface area contributed by atoms with Crippen molar-refractivity contribution >= 4 is 17.1 Å². The summed E-state index contributed by atoms with van der Waals surface area (Å²) >= 11 is 1.34. The van der Waals surface area contributed by atoms with Gasteiger partial charge >= 0.3 is 0 Å². The molecule has 4 rings (SSSR count). The zero-order chi connectivity index (χ0) is 19.7. The van der Waals surface area contributed by atoms with E-state index in [1.807, 2.05) is 31.2 Å². The van der Waals surface area contributed by atoms with Gasteiger partial charge in [0.05, 0.1) is 7.11 Å². The standard InChI is InChI=1S/C21H16FN3O2S/c1-13-10-23-21(28-13)20(26)18-11-25(12-24-18)16-5-3-4-14(8-16)17-9-15(22)6-7-19(17)27-2/h3-12H,1-2H3.